The number of halogens is 4. The van der Waals surface area contributed by atoms with E-state index >= 15 is 4.39 Å². The van der Waals surface area contributed by atoms with E-state index in [1.807, 2.05) is 20.8 Å². The minimum absolute atomic E-state index is 0.0148. The molecule has 0 unspecified atom stereocenters. The molecule has 1 heterocycles. The van der Waals surface area contributed by atoms with Crippen molar-refractivity contribution in [2.24, 2.45) is 5.41 Å². The summed E-state index contributed by atoms with van der Waals surface area (Å²) in [4.78, 5) is 12.7. The zero-order valence-corrected chi connectivity index (χ0v) is 22.8. The molecule has 2 aromatic rings. The third kappa shape index (κ3) is 6.56. The fourth-order valence-electron chi connectivity index (χ4n) is 4.94. The van der Waals surface area contributed by atoms with Gasteiger partial charge in [0.2, 0.25) is 0 Å². The van der Waals surface area contributed by atoms with Crippen molar-refractivity contribution in [3.8, 4) is 6.07 Å². The number of alkyl carbamates (subject to hydrolysis) is 1. The van der Waals surface area contributed by atoms with E-state index < -0.39 is 54.0 Å². The SMILES string of the molecule is CC(C)(C)C[C@@H]1N[C@H](OC(=O)NCC[C@H](O)CO)[C@H](c2ccc(F)c(Cl)c2)[C@@]1(C#N)c1ccc(Cl)cc1F. The van der Waals surface area contributed by atoms with E-state index in [4.69, 9.17) is 33.0 Å². The molecule has 1 aliphatic heterocycles. The Kier molecular flexibility index (Phi) is 9.61. The average molecular weight is 570 g/mol. The highest BCUT2D eigenvalue weighted by Crippen LogP contribution is 2.52. The summed E-state index contributed by atoms with van der Waals surface area (Å²) < 4.78 is 35.3. The van der Waals surface area contributed by atoms with Gasteiger partial charge in [0.15, 0.2) is 6.23 Å². The molecule has 0 saturated carbocycles. The van der Waals surface area contributed by atoms with Crippen LogP contribution in [-0.4, -0.2) is 47.8 Å². The predicted molar refractivity (Wildman–Crippen MR) is 140 cm³/mol. The molecule has 1 saturated heterocycles. The smallest absolute Gasteiger partial charge is 0.408 e. The predicted octanol–water partition coefficient (Wildman–Crippen LogP) is 5.02. The standard InChI is InChI=1S/C27H31Cl2F2N3O4/c1-26(2,3)12-22-27(14-32,18-6-5-16(28)11-21(18)31)23(15-4-7-20(30)19(29)10-15)24(34-22)38-25(37)33-9-8-17(36)13-35/h4-7,10-11,17,22-24,34-36H,8-9,12-13H2,1-3H3,(H,33,37)/t17-,22-,23-,24+,27-/m0/s1. The summed E-state index contributed by atoms with van der Waals surface area (Å²) in [6.45, 7) is 5.45. The van der Waals surface area contributed by atoms with Crippen molar-refractivity contribution in [3.63, 3.8) is 0 Å². The molecule has 0 radical (unpaired) electrons. The summed E-state index contributed by atoms with van der Waals surface area (Å²) in [5.74, 6) is -2.38. The van der Waals surface area contributed by atoms with E-state index in [9.17, 15) is 19.6 Å². The van der Waals surface area contributed by atoms with E-state index in [1.165, 1.54) is 24.3 Å². The maximum Gasteiger partial charge on any atom is 0.408 e. The van der Waals surface area contributed by atoms with Crippen LogP contribution in [0.4, 0.5) is 13.6 Å². The minimum Gasteiger partial charge on any atom is -0.430 e. The van der Waals surface area contributed by atoms with Crippen LogP contribution in [0.1, 0.15) is 50.7 Å². The Balaban J connectivity index is 2.14. The lowest BCUT2D eigenvalue weighted by Crippen LogP contribution is -2.44. The highest BCUT2D eigenvalue weighted by Gasteiger charge is 2.60. The van der Waals surface area contributed by atoms with Crippen LogP contribution in [0.25, 0.3) is 0 Å². The topological polar surface area (TPSA) is 115 Å². The minimum atomic E-state index is -1.61. The molecule has 2 aromatic carbocycles. The van der Waals surface area contributed by atoms with E-state index in [0.29, 0.717) is 12.0 Å². The molecular formula is C27H31Cl2F2N3O4. The van der Waals surface area contributed by atoms with Crippen LogP contribution in [0, 0.1) is 28.4 Å². The van der Waals surface area contributed by atoms with E-state index in [0.717, 1.165) is 12.1 Å². The number of amides is 1. The number of carbonyl (C=O) groups is 1. The van der Waals surface area contributed by atoms with Gasteiger partial charge in [-0.1, -0.05) is 56.1 Å². The summed E-state index contributed by atoms with van der Waals surface area (Å²) >= 11 is 12.1. The van der Waals surface area contributed by atoms with E-state index in [2.05, 4.69) is 16.7 Å². The van der Waals surface area contributed by atoms with Crippen LogP contribution in [0.5, 0.6) is 0 Å². The molecule has 0 bridgehead atoms. The molecule has 1 aliphatic rings. The molecule has 3 rings (SSSR count). The fraction of sp³-hybridized carbons (Fsp3) is 0.481. The number of benzene rings is 2. The number of rotatable bonds is 8. The normalized spacial score (nSPS) is 24.1. The number of aliphatic hydroxyl groups excluding tert-OH is 2. The van der Waals surface area contributed by atoms with Gasteiger partial charge in [0.05, 0.1) is 29.7 Å². The van der Waals surface area contributed by atoms with Gasteiger partial charge in [-0.2, -0.15) is 5.26 Å². The molecule has 7 nitrogen and oxygen atoms in total. The van der Waals surface area contributed by atoms with Crippen molar-refractivity contribution in [3.05, 3.63) is 69.2 Å². The van der Waals surface area contributed by atoms with Crippen LogP contribution in [0.2, 0.25) is 10.0 Å². The first kappa shape index (κ1) is 30.1. The molecule has 4 N–H and O–H groups in total. The molecule has 5 atom stereocenters. The van der Waals surface area contributed by atoms with Crippen LogP contribution in [0.15, 0.2) is 36.4 Å². The highest BCUT2D eigenvalue weighted by atomic mass is 35.5. The summed E-state index contributed by atoms with van der Waals surface area (Å²) in [7, 11) is 0. The van der Waals surface area contributed by atoms with Crippen molar-refractivity contribution in [2.45, 2.75) is 63.3 Å². The first-order valence-electron chi connectivity index (χ1n) is 12.1. The van der Waals surface area contributed by atoms with Crippen molar-refractivity contribution in [1.82, 2.24) is 10.6 Å². The molecule has 1 amide bonds. The molecule has 0 aliphatic carbocycles. The van der Waals surface area contributed by atoms with E-state index in [-0.39, 0.29) is 34.0 Å². The Morgan fingerprint density at radius 1 is 1.24 bits per heavy atom. The Hall–Kier alpha value is -2.48. The van der Waals surface area contributed by atoms with Crippen molar-refractivity contribution in [1.29, 1.82) is 5.26 Å². The third-order valence-electron chi connectivity index (χ3n) is 6.58. The van der Waals surface area contributed by atoms with Crippen LogP contribution >= 0.6 is 23.2 Å². The second kappa shape index (κ2) is 12.1. The number of nitrogens with zero attached hydrogens (tertiary/aromatic N) is 1. The van der Waals surface area contributed by atoms with Crippen LogP contribution < -0.4 is 10.6 Å². The van der Waals surface area contributed by atoms with Gasteiger partial charge in [-0.3, -0.25) is 5.32 Å². The number of aliphatic hydroxyl groups is 2. The summed E-state index contributed by atoms with van der Waals surface area (Å²) in [6, 6.07) is 9.57. The molecule has 38 heavy (non-hydrogen) atoms. The maximum absolute atomic E-state index is 15.5. The fourth-order valence-corrected chi connectivity index (χ4v) is 5.28. The van der Waals surface area contributed by atoms with Gasteiger partial charge in [-0.15, -0.1) is 0 Å². The largest absolute Gasteiger partial charge is 0.430 e. The monoisotopic (exact) mass is 569 g/mol. The number of nitrogens with one attached hydrogen (secondary N) is 2. The number of carbonyl (C=O) groups excluding carboxylic acids is 1. The van der Waals surface area contributed by atoms with Crippen molar-refractivity contribution < 1.29 is 28.5 Å². The molecule has 0 aromatic heterocycles. The van der Waals surface area contributed by atoms with Gasteiger partial charge < -0.3 is 20.3 Å². The number of hydrogen-bond donors (Lipinski definition) is 4. The van der Waals surface area contributed by atoms with Gasteiger partial charge in [0.25, 0.3) is 0 Å². The van der Waals surface area contributed by atoms with Gasteiger partial charge >= 0.3 is 6.09 Å². The first-order valence-corrected chi connectivity index (χ1v) is 12.9. The lowest BCUT2D eigenvalue weighted by atomic mass is 9.63. The van der Waals surface area contributed by atoms with Crippen LogP contribution in [-0.2, 0) is 10.2 Å². The Morgan fingerprint density at radius 2 is 1.95 bits per heavy atom. The lowest BCUT2D eigenvalue weighted by molar-refractivity contribution is 0.0689. The Labute approximate surface area is 230 Å². The van der Waals surface area contributed by atoms with Gasteiger partial charge in [-0.25, -0.2) is 13.6 Å². The molecule has 1 fully saturated rings. The molecular weight excluding hydrogens is 539 g/mol. The van der Waals surface area contributed by atoms with Crippen molar-refractivity contribution >= 4 is 29.3 Å². The van der Waals surface area contributed by atoms with Crippen molar-refractivity contribution in [2.75, 3.05) is 13.2 Å². The van der Waals surface area contributed by atoms with Gasteiger partial charge in [0.1, 0.15) is 17.0 Å². The highest BCUT2D eigenvalue weighted by molar-refractivity contribution is 6.31. The maximum atomic E-state index is 15.5. The van der Waals surface area contributed by atoms with Crippen LogP contribution in [0.3, 0.4) is 0 Å². The second-order valence-corrected chi connectivity index (χ2v) is 11.5. The van der Waals surface area contributed by atoms with Gasteiger partial charge in [-0.05, 0) is 48.1 Å². The molecule has 0 spiro atoms. The zero-order valence-electron chi connectivity index (χ0n) is 21.3. The van der Waals surface area contributed by atoms with Gasteiger partial charge in [0, 0.05) is 23.2 Å². The number of nitriles is 1. The number of ether oxygens (including phenoxy) is 1. The summed E-state index contributed by atoms with van der Waals surface area (Å²) in [6.07, 6.45) is -2.53. The first-order chi connectivity index (χ1) is 17.8. The quantitative estimate of drug-likeness (QED) is 0.355. The lowest BCUT2D eigenvalue weighted by Gasteiger charge is -2.37. The number of hydrogen-bond acceptors (Lipinski definition) is 6. The summed E-state index contributed by atoms with van der Waals surface area (Å²) in [5.41, 5.74) is -1.52. The summed E-state index contributed by atoms with van der Waals surface area (Å²) in [5, 5.41) is 34.9. The zero-order chi connectivity index (χ0) is 28.3. The Morgan fingerprint density at radius 3 is 2.53 bits per heavy atom. The third-order valence-corrected chi connectivity index (χ3v) is 7.11. The molecule has 11 heteroatoms. The molecule has 206 valence electrons. The second-order valence-electron chi connectivity index (χ2n) is 10.6. The van der Waals surface area contributed by atoms with E-state index in [1.54, 1.807) is 0 Å². The Bertz CT molecular complexity index is 1200. The average Bonchev–Trinajstić information content (AvgIpc) is 3.12.